The molecule has 0 aliphatic carbocycles. The van der Waals surface area contributed by atoms with Gasteiger partial charge in [0.1, 0.15) is 0 Å². The molecule has 1 aromatic carbocycles. The number of aryl methyl sites for hydroxylation is 1. The molecular formula is C13H18N2O4S. The second-order valence-electron chi connectivity index (χ2n) is 4.73. The minimum atomic E-state index is -3.78. The van der Waals surface area contributed by atoms with Crippen molar-refractivity contribution in [3.63, 3.8) is 0 Å². The Morgan fingerprint density at radius 2 is 1.85 bits per heavy atom. The standard InChI is InChI=1S/C13H18N2O4S/c1-11-2-4-12(5-3-11)20(17,18)14-13(16)10-15-6-8-19-9-7-15/h2-5H,6-10H2,1H3,(H,14,16). The molecule has 0 radical (unpaired) electrons. The predicted octanol–water partition coefficient (Wildman–Crippen LogP) is 0.132. The number of carbonyl (C=O) groups is 1. The van der Waals surface area contributed by atoms with Crippen LogP contribution >= 0.6 is 0 Å². The Labute approximate surface area is 118 Å². The maximum absolute atomic E-state index is 12.0. The van der Waals surface area contributed by atoms with Crippen molar-refractivity contribution < 1.29 is 17.9 Å². The molecule has 20 heavy (non-hydrogen) atoms. The molecule has 1 aliphatic rings. The predicted molar refractivity (Wildman–Crippen MR) is 73.8 cm³/mol. The summed E-state index contributed by atoms with van der Waals surface area (Å²) in [7, 11) is -3.78. The van der Waals surface area contributed by atoms with Gasteiger partial charge in [-0.25, -0.2) is 13.1 Å². The summed E-state index contributed by atoms with van der Waals surface area (Å²) in [5.74, 6) is -0.521. The number of carbonyl (C=O) groups excluding carboxylic acids is 1. The van der Waals surface area contributed by atoms with Crippen LogP contribution < -0.4 is 4.72 Å². The number of morpholine rings is 1. The first-order valence-electron chi connectivity index (χ1n) is 6.40. The second kappa shape index (κ2) is 6.34. The molecule has 6 nitrogen and oxygen atoms in total. The maximum Gasteiger partial charge on any atom is 0.264 e. The molecule has 0 atom stereocenters. The lowest BCUT2D eigenvalue weighted by Crippen LogP contribution is -2.44. The summed E-state index contributed by atoms with van der Waals surface area (Å²) in [6, 6.07) is 6.36. The van der Waals surface area contributed by atoms with Gasteiger partial charge in [-0.1, -0.05) is 17.7 Å². The average molecular weight is 298 g/mol. The van der Waals surface area contributed by atoms with Crippen molar-refractivity contribution in [3.05, 3.63) is 29.8 Å². The van der Waals surface area contributed by atoms with Crippen LogP contribution in [0.5, 0.6) is 0 Å². The van der Waals surface area contributed by atoms with Crippen molar-refractivity contribution in [2.75, 3.05) is 32.8 Å². The number of hydrogen-bond donors (Lipinski definition) is 1. The SMILES string of the molecule is Cc1ccc(S(=O)(=O)NC(=O)CN2CCOCC2)cc1. The van der Waals surface area contributed by atoms with Crippen LogP contribution in [-0.2, 0) is 19.6 Å². The largest absolute Gasteiger partial charge is 0.379 e. The van der Waals surface area contributed by atoms with Gasteiger partial charge in [-0.3, -0.25) is 9.69 Å². The molecule has 1 heterocycles. The van der Waals surface area contributed by atoms with Gasteiger partial charge in [0.05, 0.1) is 24.7 Å². The Morgan fingerprint density at radius 3 is 2.45 bits per heavy atom. The lowest BCUT2D eigenvalue weighted by molar-refractivity contribution is -0.121. The number of rotatable bonds is 4. The van der Waals surface area contributed by atoms with E-state index in [4.69, 9.17) is 4.74 Å². The van der Waals surface area contributed by atoms with E-state index in [-0.39, 0.29) is 11.4 Å². The van der Waals surface area contributed by atoms with Gasteiger partial charge >= 0.3 is 0 Å². The summed E-state index contributed by atoms with van der Waals surface area (Å²) in [6.07, 6.45) is 0. The monoisotopic (exact) mass is 298 g/mol. The second-order valence-corrected chi connectivity index (χ2v) is 6.41. The summed E-state index contributed by atoms with van der Waals surface area (Å²) >= 11 is 0. The first-order valence-corrected chi connectivity index (χ1v) is 7.88. The van der Waals surface area contributed by atoms with E-state index in [1.54, 1.807) is 12.1 Å². The molecule has 1 fully saturated rings. The Hall–Kier alpha value is -1.44. The van der Waals surface area contributed by atoms with Crippen molar-refractivity contribution in [1.29, 1.82) is 0 Å². The smallest absolute Gasteiger partial charge is 0.264 e. The Bertz CT molecular complexity index is 563. The van der Waals surface area contributed by atoms with Gasteiger partial charge in [-0.15, -0.1) is 0 Å². The van der Waals surface area contributed by atoms with Crippen molar-refractivity contribution in [1.82, 2.24) is 9.62 Å². The molecule has 1 N–H and O–H groups in total. The van der Waals surface area contributed by atoms with Gasteiger partial charge in [0.2, 0.25) is 5.91 Å². The van der Waals surface area contributed by atoms with Crippen LogP contribution in [0.15, 0.2) is 29.2 Å². The van der Waals surface area contributed by atoms with E-state index >= 15 is 0 Å². The number of nitrogens with one attached hydrogen (secondary N) is 1. The fraction of sp³-hybridized carbons (Fsp3) is 0.462. The van der Waals surface area contributed by atoms with E-state index in [0.29, 0.717) is 26.3 Å². The van der Waals surface area contributed by atoms with Gasteiger partial charge in [-0.2, -0.15) is 0 Å². The molecule has 1 aromatic rings. The Balaban J connectivity index is 1.97. The third kappa shape index (κ3) is 4.03. The van der Waals surface area contributed by atoms with E-state index in [2.05, 4.69) is 4.72 Å². The zero-order valence-corrected chi connectivity index (χ0v) is 12.1. The molecule has 0 bridgehead atoms. The topological polar surface area (TPSA) is 75.7 Å². The molecule has 110 valence electrons. The van der Waals surface area contributed by atoms with Gasteiger partial charge in [0.15, 0.2) is 0 Å². The summed E-state index contributed by atoms with van der Waals surface area (Å²) in [5, 5.41) is 0. The van der Waals surface area contributed by atoms with E-state index in [9.17, 15) is 13.2 Å². The summed E-state index contributed by atoms with van der Waals surface area (Å²) < 4.78 is 31.3. The molecule has 0 unspecified atom stereocenters. The summed E-state index contributed by atoms with van der Waals surface area (Å²) in [4.78, 5) is 13.8. The van der Waals surface area contributed by atoms with Gasteiger partial charge < -0.3 is 4.74 Å². The number of amides is 1. The van der Waals surface area contributed by atoms with Gasteiger partial charge in [-0.05, 0) is 19.1 Å². The zero-order valence-electron chi connectivity index (χ0n) is 11.3. The van der Waals surface area contributed by atoms with Crippen LogP contribution in [0.25, 0.3) is 0 Å². The van der Waals surface area contributed by atoms with E-state index in [1.807, 2.05) is 11.8 Å². The van der Waals surface area contributed by atoms with Gasteiger partial charge in [0.25, 0.3) is 10.0 Å². The average Bonchev–Trinajstić information content (AvgIpc) is 2.39. The minimum absolute atomic E-state index is 0.0639. The lowest BCUT2D eigenvalue weighted by Gasteiger charge is -2.25. The Kier molecular flexibility index (Phi) is 4.74. The number of benzene rings is 1. The maximum atomic E-state index is 12.0. The zero-order chi connectivity index (χ0) is 14.6. The van der Waals surface area contributed by atoms with E-state index < -0.39 is 15.9 Å². The van der Waals surface area contributed by atoms with Crippen LogP contribution in [0, 0.1) is 6.92 Å². The molecule has 0 spiro atoms. The quantitative estimate of drug-likeness (QED) is 0.855. The number of hydrogen-bond acceptors (Lipinski definition) is 5. The van der Waals surface area contributed by atoms with Crippen LogP contribution in [0.3, 0.4) is 0 Å². The van der Waals surface area contributed by atoms with Crippen LogP contribution in [0.1, 0.15) is 5.56 Å². The molecule has 1 amide bonds. The molecule has 0 saturated carbocycles. The van der Waals surface area contributed by atoms with E-state index in [0.717, 1.165) is 5.56 Å². The molecule has 0 aromatic heterocycles. The highest BCUT2D eigenvalue weighted by Gasteiger charge is 2.20. The highest BCUT2D eigenvalue weighted by atomic mass is 32.2. The van der Waals surface area contributed by atoms with Crippen LogP contribution in [0.2, 0.25) is 0 Å². The first kappa shape index (κ1) is 15.0. The number of nitrogens with zero attached hydrogens (tertiary/aromatic N) is 1. The summed E-state index contributed by atoms with van der Waals surface area (Å²) in [6.45, 7) is 4.34. The fourth-order valence-corrected chi connectivity index (χ4v) is 2.90. The van der Waals surface area contributed by atoms with Crippen molar-refractivity contribution in [3.8, 4) is 0 Å². The molecular weight excluding hydrogens is 280 g/mol. The third-order valence-corrected chi connectivity index (χ3v) is 4.44. The molecule has 7 heteroatoms. The summed E-state index contributed by atoms with van der Waals surface area (Å²) in [5.41, 5.74) is 0.962. The van der Waals surface area contributed by atoms with Crippen molar-refractivity contribution >= 4 is 15.9 Å². The van der Waals surface area contributed by atoms with Crippen molar-refractivity contribution in [2.45, 2.75) is 11.8 Å². The molecule has 1 saturated heterocycles. The molecule has 2 rings (SSSR count). The number of sulfonamides is 1. The fourth-order valence-electron chi connectivity index (χ4n) is 1.92. The normalized spacial score (nSPS) is 16.9. The number of ether oxygens (including phenoxy) is 1. The first-order chi connectivity index (χ1) is 9.47. The van der Waals surface area contributed by atoms with Gasteiger partial charge in [0, 0.05) is 13.1 Å². The molecule has 1 aliphatic heterocycles. The van der Waals surface area contributed by atoms with Crippen LogP contribution in [-0.4, -0.2) is 52.1 Å². The highest BCUT2D eigenvalue weighted by Crippen LogP contribution is 2.09. The highest BCUT2D eigenvalue weighted by molar-refractivity contribution is 7.90. The lowest BCUT2D eigenvalue weighted by atomic mass is 10.2. The third-order valence-electron chi connectivity index (χ3n) is 3.05. The minimum Gasteiger partial charge on any atom is -0.379 e. The van der Waals surface area contributed by atoms with Crippen LogP contribution in [0.4, 0.5) is 0 Å². The van der Waals surface area contributed by atoms with Crippen molar-refractivity contribution in [2.24, 2.45) is 0 Å². The van der Waals surface area contributed by atoms with E-state index in [1.165, 1.54) is 12.1 Å². The Morgan fingerprint density at radius 1 is 1.25 bits per heavy atom.